The summed E-state index contributed by atoms with van der Waals surface area (Å²) in [5.74, 6) is 0. The topological polar surface area (TPSA) is 38.1 Å². The van der Waals surface area contributed by atoms with Gasteiger partial charge >= 0.3 is 0 Å². The van der Waals surface area contributed by atoms with E-state index in [-0.39, 0.29) is 0 Å². The second-order valence-corrected chi connectivity index (χ2v) is 6.00. The highest BCUT2D eigenvalue weighted by Crippen LogP contribution is 2.23. The molecule has 0 unspecified atom stereocenters. The molecule has 24 heavy (non-hydrogen) atoms. The van der Waals surface area contributed by atoms with Crippen molar-refractivity contribution in [2.24, 2.45) is 4.99 Å². The van der Waals surface area contributed by atoms with Crippen LogP contribution in [-0.4, -0.2) is 16.5 Å². The summed E-state index contributed by atoms with van der Waals surface area (Å²) in [6, 6.07) is 18.6. The van der Waals surface area contributed by atoms with E-state index >= 15 is 0 Å². The first-order valence-electron chi connectivity index (χ1n) is 8.19. The molecule has 0 atom stereocenters. The molecule has 0 saturated heterocycles. The Morgan fingerprint density at radius 1 is 0.792 bits per heavy atom. The van der Waals surface area contributed by atoms with Crippen LogP contribution in [0.15, 0.2) is 65.8 Å². The zero-order valence-corrected chi connectivity index (χ0v) is 13.1. The molecular weight excluding hydrogens is 294 g/mol. The highest BCUT2D eigenvalue weighted by molar-refractivity contribution is 6.05. The molecule has 3 heterocycles. The lowest BCUT2D eigenvalue weighted by Crippen LogP contribution is -2.31. The van der Waals surface area contributed by atoms with Crippen LogP contribution in [-0.2, 0) is 0 Å². The molecule has 2 aromatic heterocycles. The van der Waals surface area contributed by atoms with Crippen LogP contribution >= 0.6 is 0 Å². The Morgan fingerprint density at radius 3 is 2.58 bits per heavy atom. The van der Waals surface area contributed by atoms with Crippen molar-refractivity contribution in [1.29, 1.82) is 0 Å². The quantitative estimate of drug-likeness (QED) is 0.506. The Morgan fingerprint density at radius 2 is 1.67 bits per heavy atom. The largest absolute Gasteiger partial charge is 0.282 e. The van der Waals surface area contributed by atoms with Gasteiger partial charge in [0.05, 0.1) is 22.1 Å². The monoisotopic (exact) mass is 309 g/mol. The maximum atomic E-state index is 4.99. The molecule has 0 saturated carbocycles. The molecule has 2 aromatic carbocycles. The van der Waals surface area contributed by atoms with Gasteiger partial charge in [-0.25, -0.2) is 4.98 Å². The van der Waals surface area contributed by atoms with Gasteiger partial charge in [0.25, 0.3) is 0 Å². The van der Waals surface area contributed by atoms with E-state index in [1.807, 2.05) is 30.5 Å². The fourth-order valence-electron chi connectivity index (χ4n) is 3.44. The van der Waals surface area contributed by atoms with Gasteiger partial charge in [0, 0.05) is 34.3 Å². The first-order valence-corrected chi connectivity index (χ1v) is 8.19. The maximum Gasteiger partial charge on any atom is 0.0967 e. The lowest BCUT2D eigenvalue weighted by Gasteiger charge is -2.10. The number of nitrogens with zero attached hydrogens (tertiary/aromatic N) is 3. The third-order valence-electron chi connectivity index (χ3n) is 4.54. The van der Waals surface area contributed by atoms with Gasteiger partial charge < -0.3 is 0 Å². The van der Waals surface area contributed by atoms with E-state index in [1.54, 1.807) is 0 Å². The van der Waals surface area contributed by atoms with Crippen molar-refractivity contribution in [1.82, 2.24) is 9.97 Å². The number of pyridine rings is 2. The molecule has 0 fully saturated rings. The molecule has 0 spiro atoms. The lowest BCUT2D eigenvalue weighted by atomic mass is 10.0. The molecule has 0 aliphatic carbocycles. The van der Waals surface area contributed by atoms with Gasteiger partial charge in [-0.15, -0.1) is 0 Å². The van der Waals surface area contributed by atoms with E-state index in [4.69, 9.17) is 9.98 Å². The molecule has 0 radical (unpaired) electrons. The van der Waals surface area contributed by atoms with Crippen molar-refractivity contribution in [3.63, 3.8) is 0 Å². The number of hydrogen-bond donors (Lipinski definition) is 0. The minimum absolute atomic E-state index is 0.822. The zero-order chi connectivity index (χ0) is 15.9. The summed E-state index contributed by atoms with van der Waals surface area (Å²) in [7, 11) is 0. The summed E-state index contributed by atoms with van der Waals surface area (Å²) in [5.41, 5.74) is 4.13. The van der Waals surface area contributed by atoms with E-state index in [9.17, 15) is 0 Å². The fourth-order valence-corrected chi connectivity index (χ4v) is 3.44. The molecule has 0 bridgehead atoms. The van der Waals surface area contributed by atoms with Crippen molar-refractivity contribution in [2.75, 3.05) is 6.54 Å². The molecular formula is C21H15N3. The predicted octanol–water partition coefficient (Wildman–Crippen LogP) is 3.25. The third kappa shape index (κ3) is 1.95. The Labute approximate surface area is 139 Å². The van der Waals surface area contributed by atoms with Gasteiger partial charge in [-0.2, -0.15) is 0 Å². The van der Waals surface area contributed by atoms with Crippen molar-refractivity contribution in [3.05, 3.63) is 71.4 Å². The normalized spacial score (nSPS) is 13.3. The SMILES string of the molecule is C1=c2c(c3ncccc3c3ccc(-c4ccccc4)nc23)=NCC1. The van der Waals surface area contributed by atoms with Crippen LogP contribution < -0.4 is 10.6 Å². The standard InChI is InChI=1S/C21H15N3/c1-2-6-14(7-3-1)18-11-10-16-15-8-4-12-22-20(15)21-17(19(16)24-18)9-5-13-23-21/h1-4,6-12H,5,13H2. The van der Waals surface area contributed by atoms with Crippen molar-refractivity contribution in [3.8, 4) is 11.3 Å². The van der Waals surface area contributed by atoms with Crippen molar-refractivity contribution < 1.29 is 0 Å². The smallest absolute Gasteiger partial charge is 0.0967 e. The van der Waals surface area contributed by atoms with Crippen LogP contribution in [0.1, 0.15) is 6.42 Å². The van der Waals surface area contributed by atoms with Crippen LogP contribution in [0.3, 0.4) is 0 Å². The Bertz CT molecular complexity index is 1190. The molecule has 3 nitrogen and oxygen atoms in total. The number of rotatable bonds is 1. The van der Waals surface area contributed by atoms with Crippen LogP contribution in [0.5, 0.6) is 0 Å². The van der Waals surface area contributed by atoms with Gasteiger partial charge in [-0.05, 0) is 24.6 Å². The molecule has 114 valence electrons. The molecule has 1 aliphatic heterocycles. The van der Waals surface area contributed by atoms with Crippen LogP contribution in [0.25, 0.3) is 39.1 Å². The second kappa shape index (κ2) is 5.24. The molecule has 1 aliphatic rings. The minimum Gasteiger partial charge on any atom is -0.282 e. The molecule has 0 N–H and O–H groups in total. The number of hydrogen-bond acceptors (Lipinski definition) is 3. The Hall–Kier alpha value is -3.07. The summed E-state index contributed by atoms with van der Waals surface area (Å²) in [6.07, 6.45) is 5.04. The first-order chi connectivity index (χ1) is 11.9. The molecule has 0 amide bonds. The van der Waals surface area contributed by atoms with E-state index in [1.165, 1.54) is 0 Å². The van der Waals surface area contributed by atoms with E-state index in [0.29, 0.717) is 0 Å². The predicted molar refractivity (Wildman–Crippen MR) is 97.2 cm³/mol. The summed E-state index contributed by atoms with van der Waals surface area (Å²) in [5, 5.41) is 4.38. The Balaban J connectivity index is 1.96. The third-order valence-corrected chi connectivity index (χ3v) is 4.54. The average Bonchev–Trinajstić information content (AvgIpc) is 2.68. The number of benzene rings is 2. The summed E-state index contributed by atoms with van der Waals surface area (Å²) in [6.45, 7) is 0.822. The second-order valence-electron chi connectivity index (χ2n) is 6.00. The Kier molecular flexibility index (Phi) is 2.92. The van der Waals surface area contributed by atoms with Gasteiger partial charge in [-0.3, -0.25) is 9.98 Å². The van der Waals surface area contributed by atoms with Gasteiger partial charge in [-0.1, -0.05) is 42.5 Å². The van der Waals surface area contributed by atoms with Crippen LogP contribution in [0.2, 0.25) is 0 Å². The van der Waals surface area contributed by atoms with Crippen LogP contribution in [0.4, 0.5) is 0 Å². The van der Waals surface area contributed by atoms with E-state index in [0.717, 1.165) is 56.6 Å². The summed E-state index contributed by atoms with van der Waals surface area (Å²) in [4.78, 5) is 14.3. The average molecular weight is 309 g/mol. The van der Waals surface area contributed by atoms with E-state index in [2.05, 4.69) is 41.4 Å². The van der Waals surface area contributed by atoms with Gasteiger partial charge in [0.1, 0.15) is 0 Å². The lowest BCUT2D eigenvalue weighted by molar-refractivity contribution is 0.967. The fraction of sp³-hybridized carbons (Fsp3) is 0.0952. The van der Waals surface area contributed by atoms with Crippen molar-refractivity contribution >= 4 is 27.9 Å². The van der Waals surface area contributed by atoms with Gasteiger partial charge in [0.15, 0.2) is 0 Å². The molecule has 5 rings (SSSR count). The highest BCUT2D eigenvalue weighted by Gasteiger charge is 2.11. The van der Waals surface area contributed by atoms with Crippen molar-refractivity contribution in [2.45, 2.75) is 6.42 Å². The highest BCUT2D eigenvalue weighted by atomic mass is 14.8. The van der Waals surface area contributed by atoms with Gasteiger partial charge in [0.2, 0.25) is 0 Å². The number of aromatic nitrogens is 2. The summed E-state index contributed by atoms with van der Waals surface area (Å²) >= 11 is 0. The molecule has 3 heteroatoms. The first kappa shape index (κ1) is 13.4. The minimum atomic E-state index is 0.822. The summed E-state index contributed by atoms with van der Waals surface area (Å²) < 4.78 is 0. The number of fused-ring (bicyclic) bond motifs is 6. The van der Waals surface area contributed by atoms with Crippen LogP contribution in [0, 0.1) is 0 Å². The maximum absolute atomic E-state index is 4.99. The van der Waals surface area contributed by atoms with E-state index < -0.39 is 0 Å². The zero-order valence-electron chi connectivity index (χ0n) is 13.1. The molecule has 4 aromatic rings.